The molecular formula is C23H25ClN2O4. The van der Waals surface area contributed by atoms with Crippen LogP contribution in [0.5, 0.6) is 0 Å². The van der Waals surface area contributed by atoms with Crippen molar-refractivity contribution in [2.45, 2.75) is 37.6 Å². The van der Waals surface area contributed by atoms with Crippen LogP contribution in [-0.2, 0) is 20.8 Å². The minimum atomic E-state index is -0.373. The van der Waals surface area contributed by atoms with E-state index in [1.54, 1.807) is 43.4 Å². The van der Waals surface area contributed by atoms with Gasteiger partial charge in [-0.05, 0) is 36.6 Å². The molecule has 2 aliphatic rings. The first-order valence-electron chi connectivity index (χ1n) is 10.0. The van der Waals surface area contributed by atoms with Gasteiger partial charge in [0.25, 0.3) is 0 Å². The van der Waals surface area contributed by atoms with Crippen LogP contribution in [0.3, 0.4) is 0 Å². The Morgan fingerprint density at radius 2 is 1.67 bits per heavy atom. The maximum atomic E-state index is 13.6. The molecule has 2 aromatic carbocycles. The van der Waals surface area contributed by atoms with E-state index in [2.05, 4.69) is 0 Å². The molecule has 0 aromatic heterocycles. The number of halogens is 1. The maximum Gasteiger partial charge on any atom is 0.331 e. The van der Waals surface area contributed by atoms with Crippen LogP contribution in [0.25, 0.3) is 0 Å². The van der Waals surface area contributed by atoms with E-state index in [1.165, 1.54) is 4.90 Å². The second-order valence-corrected chi connectivity index (χ2v) is 8.18. The largest absolute Gasteiger partial charge is 0.379 e. The van der Waals surface area contributed by atoms with Gasteiger partial charge in [0.2, 0.25) is 5.91 Å². The highest BCUT2D eigenvalue weighted by molar-refractivity contribution is 6.31. The minimum Gasteiger partial charge on any atom is -0.379 e. The molecule has 2 aromatic rings. The number of fused-ring (bicyclic) bond motifs is 1. The number of hydrogen-bond donors (Lipinski definition) is 0. The summed E-state index contributed by atoms with van der Waals surface area (Å²) >= 11 is 6.15. The van der Waals surface area contributed by atoms with Crippen LogP contribution >= 0.6 is 11.6 Å². The molecule has 158 valence electrons. The summed E-state index contributed by atoms with van der Waals surface area (Å²) in [6, 6.07) is 16.1. The third-order valence-electron chi connectivity index (χ3n) is 6.08. The van der Waals surface area contributed by atoms with Crippen LogP contribution in [0.4, 0.5) is 10.5 Å². The van der Waals surface area contributed by atoms with E-state index in [9.17, 15) is 9.59 Å². The highest BCUT2D eigenvalue weighted by Crippen LogP contribution is 2.39. The van der Waals surface area contributed by atoms with Gasteiger partial charge in [0, 0.05) is 31.8 Å². The number of nitrogens with zero attached hydrogens (tertiary/aromatic N) is 2. The van der Waals surface area contributed by atoms with Crippen molar-refractivity contribution in [3.8, 4) is 0 Å². The summed E-state index contributed by atoms with van der Waals surface area (Å²) in [4.78, 5) is 30.1. The van der Waals surface area contributed by atoms with Crippen molar-refractivity contribution in [3.63, 3.8) is 0 Å². The second-order valence-electron chi connectivity index (χ2n) is 7.74. The highest BCUT2D eigenvalue weighted by atomic mass is 35.5. The van der Waals surface area contributed by atoms with E-state index in [0.717, 1.165) is 5.56 Å². The van der Waals surface area contributed by atoms with Crippen molar-refractivity contribution >= 4 is 29.2 Å². The number of carbonyl (C=O) groups excluding carboxylic acids is 2. The average molecular weight is 429 g/mol. The first-order chi connectivity index (χ1) is 14.5. The molecule has 1 aliphatic carbocycles. The molecule has 0 spiro atoms. The molecule has 2 fully saturated rings. The summed E-state index contributed by atoms with van der Waals surface area (Å²) in [5, 5.41) is 0.475. The fraction of sp³-hybridized carbons (Fsp3) is 0.391. The van der Waals surface area contributed by atoms with Crippen LogP contribution < -0.4 is 4.90 Å². The Morgan fingerprint density at radius 3 is 2.33 bits per heavy atom. The molecular weight excluding hydrogens is 404 g/mol. The summed E-state index contributed by atoms with van der Waals surface area (Å²) in [6.45, 7) is 0.416. The summed E-state index contributed by atoms with van der Waals surface area (Å²) in [6.07, 6.45) is 0.669. The van der Waals surface area contributed by atoms with Crippen LogP contribution in [0.1, 0.15) is 18.4 Å². The van der Waals surface area contributed by atoms with Crippen molar-refractivity contribution < 1.29 is 19.1 Å². The lowest BCUT2D eigenvalue weighted by atomic mass is 9.77. The summed E-state index contributed by atoms with van der Waals surface area (Å²) in [7, 11) is 3.27. The maximum absolute atomic E-state index is 13.6. The minimum absolute atomic E-state index is 0.173. The lowest BCUT2D eigenvalue weighted by Gasteiger charge is -2.49. The van der Waals surface area contributed by atoms with Gasteiger partial charge in [0.1, 0.15) is 0 Å². The number of urea groups is 1. The summed E-state index contributed by atoms with van der Waals surface area (Å²) in [5.74, 6) is -0.588. The number of hydrogen-bond acceptors (Lipinski definition) is 4. The zero-order valence-electron chi connectivity index (χ0n) is 17.0. The van der Waals surface area contributed by atoms with Crippen LogP contribution in [-0.4, -0.2) is 49.3 Å². The number of imide groups is 1. The number of carbonyl (C=O) groups is 2. The Kier molecular flexibility index (Phi) is 6.09. The quantitative estimate of drug-likeness (QED) is 0.718. The van der Waals surface area contributed by atoms with Crippen LogP contribution in [0.15, 0.2) is 54.6 Å². The molecule has 30 heavy (non-hydrogen) atoms. The number of methoxy groups -OCH3 is 2. The van der Waals surface area contributed by atoms with Gasteiger partial charge in [-0.15, -0.1) is 0 Å². The number of benzene rings is 2. The number of amides is 3. The Morgan fingerprint density at radius 1 is 0.967 bits per heavy atom. The molecule has 4 unspecified atom stereocenters. The lowest BCUT2D eigenvalue weighted by Crippen LogP contribution is -2.65. The second kappa shape index (κ2) is 8.76. The van der Waals surface area contributed by atoms with Crippen molar-refractivity contribution in [2.24, 2.45) is 5.92 Å². The van der Waals surface area contributed by atoms with Gasteiger partial charge >= 0.3 is 6.03 Å². The van der Waals surface area contributed by atoms with Gasteiger partial charge in [-0.25, -0.2) is 9.69 Å². The monoisotopic (exact) mass is 428 g/mol. The molecule has 0 N–H and O–H groups in total. The summed E-state index contributed by atoms with van der Waals surface area (Å²) < 4.78 is 11.2. The molecule has 0 radical (unpaired) electrons. The standard InChI is InChI=1S/C23H25ClN2O4/c1-29-20-12-18-19(13-21(20)30-2)25(14-15-7-4-3-5-8-15)23(28)26(22(18)27)17-10-6-9-16(24)11-17/h3-11,18-21H,12-14H2,1-2H3. The van der Waals surface area contributed by atoms with Crippen LogP contribution in [0, 0.1) is 5.92 Å². The Labute approximate surface area is 181 Å². The van der Waals surface area contributed by atoms with E-state index < -0.39 is 0 Å². The molecule has 0 bridgehead atoms. The summed E-state index contributed by atoms with van der Waals surface area (Å²) in [5.41, 5.74) is 1.49. The molecule has 1 saturated heterocycles. The Balaban J connectivity index is 1.73. The predicted molar refractivity (Wildman–Crippen MR) is 114 cm³/mol. The van der Waals surface area contributed by atoms with Crippen molar-refractivity contribution in [1.29, 1.82) is 0 Å². The molecule has 7 heteroatoms. The van der Waals surface area contributed by atoms with E-state index >= 15 is 0 Å². The van der Waals surface area contributed by atoms with Gasteiger partial charge in [-0.3, -0.25) is 4.79 Å². The first-order valence-corrected chi connectivity index (χ1v) is 10.4. The fourth-order valence-electron chi connectivity index (χ4n) is 4.57. The molecule has 1 saturated carbocycles. The predicted octanol–water partition coefficient (Wildman–Crippen LogP) is 4.12. The van der Waals surface area contributed by atoms with Gasteiger partial charge in [-0.1, -0.05) is 48.0 Å². The zero-order chi connectivity index (χ0) is 21.3. The average Bonchev–Trinajstić information content (AvgIpc) is 2.76. The van der Waals surface area contributed by atoms with Crippen LogP contribution in [0.2, 0.25) is 5.02 Å². The molecule has 4 atom stereocenters. The normalized spacial score (nSPS) is 26.6. The number of rotatable bonds is 5. The molecule has 6 nitrogen and oxygen atoms in total. The third kappa shape index (κ3) is 3.83. The molecule has 1 heterocycles. The van der Waals surface area contributed by atoms with E-state index in [4.69, 9.17) is 21.1 Å². The van der Waals surface area contributed by atoms with Gasteiger partial charge in [-0.2, -0.15) is 0 Å². The first kappa shape index (κ1) is 20.8. The van der Waals surface area contributed by atoms with Crippen molar-refractivity contribution in [2.75, 3.05) is 19.1 Å². The highest BCUT2D eigenvalue weighted by Gasteiger charge is 2.52. The van der Waals surface area contributed by atoms with Crippen molar-refractivity contribution in [3.05, 3.63) is 65.2 Å². The van der Waals surface area contributed by atoms with E-state index in [0.29, 0.717) is 30.1 Å². The number of ether oxygens (including phenoxy) is 2. The SMILES string of the molecule is COC1CC2C(=O)N(c3cccc(Cl)c3)C(=O)N(Cc3ccccc3)C2CC1OC. The topological polar surface area (TPSA) is 59.1 Å². The smallest absolute Gasteiger partial charge is 0.331 e. The Bertz CT molecular complexity index is 922. The van der Waals surface area contributed by atoms with Crippen molar-refractivity contribution in [1.82, 2.24) is 4.90 Å². The van der Waals surface area contributed by atoms with E-state index in [1.807, 2.05) is 30.3 Å². The van der Waals surface area contributed by atoms with Gasteiger partial charge < -0.3 is 14.4 Å². The van der Waals surface area contributed by atoms with Gasteiger partial charge in [0.15, 0.2) is 0 Å². The molecule has 4 rings (SSSR count). The number of anilines is 1. The zero-order valence-corrected chi connectivity index (χ0v) is 17.8. The Hall–Kier alpha value is -2.41. The molecule has 1 aliphatic heterocycles. The fourth-order valence-corrected chi connectivity index (χ4v) is 4.75. The molecule has 3 amide bonds. The van der Waals surface area contributed by atoms with Gasteiger partial charge in [0.05, 0.1) is 23.8 Å². The third-order valence-corrected chi connectivity index (χ3v) is 6.32. The van der Waals surface area contributed by atoms with E-state index in [-0.39, 0.29) is 36.1 Å². The lowest BCUT2D eigenvalue weighted by molar-refractivity contribution is -0.137.